The summed E-state index contributed by atoms with van der Waals surface area (Å²) in [5.74, 6) is 0. The molecule has 0 aromatic rings. The van der Waals surface area contributed by atoms with Crippen LogP contribution >= 0.6 is 0 Å². The first kappa shape index (κ1) is 21.2. The largest absolute Gasteiger partial charge is 0.384 e. The molecule has 1 aliphatic carbocycles. The molecule has 0 aromatic heterocycles. The summed E-state index contributed by atoms with van der Waals surface area (Å²) in [5.41, 5.74) is 4.13. The molecule has 3 rings (SSSR count). The van der Waals surface area contributed by atoms with Gasteiger partial charge in [-0.05, 0) is 39.8 Å². The summed E-state index contributed by atoms with van der Waals surface area (Å²) in [5, 5.41) is 3.68. The molecule has 2 fully saturated rings. The Bertz CT molecular complexity index is 580. The van der Waals surface area contributed by atoms with E-state index in [1.165, 1.54) is 17.1 Å². The van der Waals surface area contributed by atoms with Crippen molar-refractivity contribution in [1.82, 2.24) is 29.8 Å². The molecule has 0 aromatic carbocycles. The van der Waals surface area contributed by atoms with Gasteiger partial charge in [-0.1, -0.05) is 13.0 Å². The van der Waals surface area contributed by atoms with Crippen molar-refractivity contribution in [1.29, 1.82) is 0 Å². The van der Waals surface area contributed by atoms with Crippen molar-refractivity contribution in [2.24, 2.45) is 0 Å². The van der Waals surface area contributed by atoms with Crippen LogP contribution in [0.25, 0.3) is 0 Å². The van der Waals surface area contributed by atoms with Gasteiger partial charge >= 0.3 is 0 Å². The molecule has 0 spiro atoms. The van der Waals surface area contributed by atoms with E-state index >= 15 is 0 Å². The van der Waals surface area contributed by atoms with Gasteiger partial charge in [0.05, 0.1) is 0 Å². The predicted octanol–water partition coefficient (Wildman–Crippen LogP) is 1.08. The third kappa shape index (κ3) is 6.00. The molecule has 0 atom stereocenters. The molecule has 0 radical (unpaired) electrons. The van der Waals surface area contributed by atoms with Gasteiger partial charge in [-0.15, -0.1) is 0 Å². The van der Waals surface area contributed by atoms with Crippen molar-refractivity contribution in [2.45, 2.75) is 13.3 Å². The van der Waals surface area contributed by atoms with Gasteiger partial charge in [-0.3, -0.25) is 0 Å². The van der Waals surface area contributed by atoms with Gasteiger partial charge in [0.15, 0.2) is 0 Å². The molecule has 3 aliphatic rings. The number of hydrogen-bond acceptors (Lipinski definition) is 6. The first-order valence-electron chi connectivity index (χ1n) is 11.0. The van der Waals surface area contributed by atoms with Gasteiger partial charge < -0.3 is 29.8 Å². The number of rotatable bonds is 7. The van der Waals surface area contributed by atoms with Gasteiger partial charge in [0.1, 0.15) is 0 Å². The molecule has 0 saturated carbocycles. The average molecular weight is 389 g/mol. The van der Waals surface area contributed by atoms with Crippen LogP contribution in [0, 0.1) is 0 Å². The number of allylic oxidation sites excluding steroid dienone is 3. The second-order valence-corrected chi connectivity index (χ2v) is 8.47. The summed E-state index contributed by atoms with van der Waals surface area (Å²) in [6.45, 7) is 14.5. The minimum Gasteiger partial charge on any atom is -0.384 e. The van der Waals surface area contributed by atoms with Gasteiger partial charge in [0, 0.05) is 89.0 Å². The Balaban J connectivity index is 1.71. The number of hydrogen-bond donors (Lipinski definition) is 1. The Morgan fingerprint density at radius 2 is 1.50 bits per heavy atom. The highest BCUT2D eigenvalue weighted by atomic mass is 15.3. The lowest BCUT2D eigenvalue weighted by Crippen LogP contribution is -2.45. The maximum atomic E-state index is 3.68. The van der Waals surface area contributed by atoms with E-state index in [9.17, 15) is 0 Å². The average Bonchev–Trinajstić information content (AvgIpc) is 2.92. The predicted molar refractivity (Wildman–Crippen MR) is 118 cm³/mol. The molecule has 6 nitrogen and oxygen atoms in total. The molecule has 28 heavy (non-hydrogen) atoms. The Morgan fingerprint density at radius 1 is 0.893 bits per heavy atom. The molecular formula is C22H40N6. The molecule has 2 saturated heterocycles. The van der Waals surface area contributed by atoms with Crippen molar-refractivity contribution in [3.05, 3.63) is 35.3 Å². The van der Waals surface area contributed by atoms with Gasteiger partial charge in [0.25, 0.3) is 0 Å². The Kier molecular flexibility index (Phi) is 7.82. The third-order valence-corrected chi connectivity index (χ3v) is 6.29. The van der Waals surface area contributed by atoms with Crippen LogP contribution in [0.15, 0.2) is 35.3 Å². The fourth-order valence-electron chi connectivity index (χ4n) is 3.94. The van der Waals surface area contributed by atoms with E-state index in [2.05, 4.69) is 76.1 Å². The van der Waals surface area contributed by atoms with E-state index in [4.69, 9.17) is 0 Å². The van der Waals surface area contributed by atoms with Crippen LogP contribution < -0.4 is 5.32 Å². The van der Waals surface area contributed by atoms with E-state index < -0.39 is 0 Å². The normalized spacial score (nSPS) is 22.7. The minimum absolute atomic E-state index is 0.993. The Morgan fingerprint density at radius 3 is 2.11 bits per heavy atom. The number of nitrogens with zero attached hydrogens (tertiary/aromatic N) is 5. The summed E-state index contributed by atoms with van der Waals surface area (Å²) in [6, 6.07) is 0. The first-order valence-corrected chi connectivity index (χ1v) is 11.0. The highest BCUT2D eigenvalue weighted by Crippen LogP contribution is 2.23. The first-order chi connectivity index (χ1) is 13.5. The molecule has 158 valence electrons. The highest BCUT2D eigenvalue weighted by molar-refractivity contribution is 5.35. The fraction of sp³-hybridized carbons (Fsp3) is 0.727. The maximum absolute atomic E-state index is 3.68. The smallest absolute Gasteiger partial charge is 0.0405 e. The van der Waals surface area contributed by atoms with Gasteiger partial charge in [-0.25, -0.2) is 0 Å². The fourth-order valence-corrected chi connectivity index (χ4v) is 3.94. The van der Waals surface area contributed by atoms with Gasteiger partial charge in [0.2, 0.25) is 0 Å². The summed E-state index contributed by atoms with van der Waals surface area (Å²) in [6.07, 6.45) is 8.24. The quantitative estimate of drug-likeness (QED) is 0.702. The zero-order chi connectivity index (χ0) is 19.9. The van der Waals surface area contributed by atoms with Crippen molar-refractivity contribution in [3.63, 3.8) is 0 Å². The minimum atomic E-state index is 0.993. The lowest BCUT2D eigenvalue weighted by Gasteiger charge is -2.37. The maximum Gasteiger partial charge on any atom is 0.0405 e. The van der Waals surface area contributed by atoms with Gasteiger partial charge in [-0.2, -0.15) is 0 Å². The second-order valence-electron chi connectivity index (χ2n) is 8.47. The topological polar surface area (TPSA) is 28.2 Å². The Hall–Kier alpha value is -1.50. The number of nitrogens with one attached hydrogen (secondary N) is 1. The van der Waals surface area contributed by atoms with Crippen LogP contribution in [0.5, 0.6) is 0 Å². The van der Waals surface area contributed by atoms with E-state index in [1.807, 2.05) is 0 Å². The molecule has 2 aliphatic heterocycles. The van der Waals surface area contributed by atoms with Crippen molar-refractivity contribution < 1.29 is 0 Å². The number of piperazine rings is 2. The lowest BCUT2D eigenvalue weighted by molar-refractivity contribution is 0.180. The highest BCUT2D eigenvalue weighted by Gasteiger charge is 2.21. The molecule has 1 N–H and O–H groups in total. The van der Waals surface area contributed by atoms with Crippen LogP contribution in [-0.2, 0) is 0 Å². The van der Waals surface area contributed by atoms with Crippen LogP contribution in [-0.4, -0.2) is 118 Å². The zero-order valence-corrected chi connectivity index (χ0v) is 18.5. The third-order valence-electron chi connectivity index (χ3n) is 6.29. The standard InChI is InChI=1S/C22H40N6/c1-5-24(2)9-8-23-20-6-7-21(27-14-10-25(3)11-15-27)19-22(18-20)28-16-12-26(4)13-17-28/h6,18-19,23H,5,7-17H2,1-4H3. The summed E-state index contributed by atoms with van der Waals surface area (Å²) < 4.78 is 0. The molecular weight excluding hydrogens is 348 g/mol. The summed E-state index contributed by atoms with van der Waals surface area (Å²) in [4.78, 5) is 12.4. The van der Waals surface area contributed by atoms with E-state index in [0.717, 1.165) is 78.4 Å². The van der Waals surface area contributed by atoms with Crippen LogP contribution in [0.3, 0.4) is 0 Å². The van der Waals surface area contributed by atoms with Crippen molar-refractivity contribution in [2.75, 3.05) is 93.1 Å². The monoisotopic (exact) mass is 388 g/mol. The lowest BCUT2D eigenvalue weighted by atomic mass is 10.2. The summed E-state index contributed by atoms with van der Waals surface area (Å²) in [7, 11) is 6.63. The van der Waals surface area contributed by atoms with Crippen LogP contribution in [0.2, 0.25) is 0 Å². The zero-order valence-electron chi connectivity index (χ0n) is 18.5. The number of likely N-dealkylation sites (N-methyl/N-ethyl adjacent to an activating group) is 3. The van der Waals surface area contributed by atoms with Crippen molar-refractivity contribution in [3.8, 4) is 0 Å². The molecule has 6 heteroatoms. The van der Waals surface area contributed by atoms with Crippen LogP contribution in [0.1, 0.15) is 13.3 Å². The Labute approximate surface area is 172 Å². The molecule has 0 amide bonds. The molecule has 0 bridgehead atoms. The van der Waals surface area contributed by atoms with E-state index in [1.54, 1.807) is 0 Å². The SMILES string of the molecule is CCN(C)CCNC1=CCC(N2CCN(C)CC2)=CC(N2CCN(C)CC2)=C1. The van der Waals surface area contributed by atoms with E-state index in [0.29, 0.717) is 0 Å². The summed E-state index contributed by atoms with van der Waals surface area (Å²) >= 11 is 0. The van der Waals surface area contributed by atoms with E-state index in [-0.39, 0.29) is 0 Å². The molecule has 2 heterocycles. The van der Waals surface area contributed by atoms with Crippen molar-refractivity contribution >= 4 is 0 Å². The van der Waals surface area contributed by atoms with Crippen LogP contribution in [0.4, 0.5) is 0 Å². The second kappa shape index (κ2) is 10.3. The molecule has 0 unspecified atom stereocenters.